The van der Waals surface area contributed by atoms with Crippen molar-refractivity contribution in [3.8, 4) is 0 Å². The minimum atomic E-state index is -0.741. The molecule has 4 rings (SSSR count). The summed E-state index contributed by atoms with van der Waals surface area (Å²) in [5.41, 5.74) is 0. The number of ketones is 1. The van der Waals surface area contributed by atoms with Crippen LogP contribution in [0.15, 0.2) is 0 Å². The van der Waals surface area contributed by atoms with E-state index in [4.69, 9.17) is 0 Å². The third-order valence-electron chi connectivity index (χ3n) is 4.71. The summed E-state index contributed by atoms with van der Waals surface area (Å²) in [4.78, 5) is 11.4. The highest BCUT2D eigenvalue weighted by atomic mass is 19.1. The molecule has 2 nitrogen and oxygen atoms in total. The molecule has 0 aromatic rings. The zero-order valence-corrected chi connectivity index (χ0v) is 9.79. The second-order valence-corrected chi connectivity index (χ2v) is 5.89. The zero-order chi connectivity index (χ0) is 11.3. The van der Waals surface area contributed by atoms with E-state index >= 15 is 0 Å². The number of rotatable bonds is 3. The number of fused-ring (bicyclic) bond motifs is 3. The summed E-state index contributed by atoms with van der Waals surface area (Å²) >= 11 is 0. The predicted octanol–water partition coefficient (Wildman–Crippen LogP) is 2.08. The van der Waals surface area contributed by atoms with Crippen LogP contribution < -0.4 is 5.32 Å². The fourth-order valence-electron chi connectivity index (χ4n) is 3.65. The molecule has 4 aliphatic rings. The van der Waals surface area contributed by atoms with Crippen molar-refractivity contribution in [3.05, 3.63) is 0 Å². The third-order valence-corrected chi connectivity index (χ3v) is 4.71. The second kappa shape index (κ2) is 3.80. The number of halogens is 1. The average molecular weight is 225 g/mol. The van der Waals surface area contributed by atoms with Crippen LogP contribution in [0.1, 0.15) is 39.0 Å². The van der Waals surface area contributed by atoms with Crippen LogP contribution in [-0.4, -0.2) is 24.0 Å². The smallest absolute Gasteiger partial charge is 0.147 e. The highest BCUT2D eigenvalue weighted by molar-refractivity contribution is 5.82. The molecule has 2 heterocycles. The van der Waals surface area contributed by atoms with Crippen LogP contribution in [0.3, 0.4) is 0 Å². The van der Waals surface area contributed by atoms with Crippen molar-refractivity contribution in [1.82, 2.24) is 5.32 Å². The molecule has 3 heteroatoms. The van der Waals surface area contributed by atoms with Crippen molar-refractivity contribution in [2.24, 2.45) is 17.8 Å². The van der Waals surface area contributed by atoms with Gasteiger partial charge in [-0.15, -0.1) is 0 Å². The molecule has 0 radical (unpaired) electrons. The molecule has 2 aliphatic carbocycles. The van der Waals surface area contributed by atoms with Gasteiger partial charge in [0.15, 0.2) is 0 Å². The quantitative estimate of drug-likeness (QED) is 0.796. The van der Waals surface area contributed by atoms with E-state index < -0.39 is 6.17 Å². The standard InChI is InChI=1S/C13H20FNO/c1-7(16)13-9-4-5-11(15-13)10(12(9)14)6-8-2-3-8/h8-13,15H,2-6H2,1H3/t9-,10?,11?,12?,13-/m1/s1. The maximum Gasteiger partial charge on any atom is 0.147 e. The first-order valence-corrected chi connectivity index (χ1v) is 6.57. The highest BCUT2D eigenvalue weighted by Crippen LogP contribution is 2.46. The Morgan fingerprint density at radius 3 is 2.62 bits per heavy atom. The van der Waals surface area contributed by atoms with Crippen molar-refractivity contribution < 1.29 is 9.18 Å². The van der Waals surface area contributed by atoms with Gasteiger partial charge in [0.2, 0.25) is 0 Å². The van der Waals surface area contributed by atoms with Crippen molar-refractivity contribution >= 4 is 5.78 Å². The summed E-state index contributed by atoms with van der Waals surface area (Å²) in [5, 5.41) is 3.38. The van der Waals surface area contributed by atoms with Gasteiger partial charge in [0.25, 0.3) is 0 Å². The number of Topliss-reactive ketones (excluding diaryl/α,β-unsaturated/α-hetero) is 1. The van der Waals surface area contributed by atoms with E-state index in [0.717, 1.165) is 25.2 Å². The van der Waals surface area contributed by atoms with Crippen LogP contribution in [0.5, 0.6) is 0 Å². The Bertz CT molecular complexity index is 300. The van der Waals surface area contributed by atoms with Crippen LogP contribution in [0.25, 0.3) is 0 Å². The van der Waals surface area contributed by atoms with E-state index in [-0.39, 0.29) is 29.7 Å². The van der Waals surface area contributed by atoms with E-state index in [1.165, 1.54) is 12.8 Å². The topological polar surface area (TPSA) is 29.1 Å². The summed E-state index contributed by atoms with van der Waals surface area (Å²) in [6, 6.07) is 0.0544. The number of carbonyl (C=O) groups is 1. The van der Waals surface area contributed by atoms with Crippen molar-refractivity contribution in [3.63, 3.8) is 0 Å². The lowest BCUT2D eigenvalue weighted by Gasteiger charge is -2.49. The molecular weight excluding hydrogens is 205 g/mol. The molecule has 5 atom stereocenters. The number of hydrogen-bond donors (Lipinski definition) is 1. The van der Waals surface area contributed by atoms with Gasteiger partial charge >= 0.3 is 0 Å². The van der Waals surface area contributed by atoms with Crippen LogP contribution in [0, 0.1) is 17.8 Å². The van der Waals surface area contributed by atoms with Crippen molar-refractivity contribution in [2.75, 3.05) is 0 Å². The van der Waals surface area contributed by atoms with E-state index in [2.05, 4.69) is 5.32 Å². The minimum absolute atomic E-state index is 0.0498. The van der Waals surface area contributed by atoms with Gasteiger partial charge in [0, 0.05) is 17.9 Å². The third kappa shape index (κ3) is 1.69. The zero-order valence-electron chi connectivity index (χ0n) is 9.79. The maximum atomic E-state index is 14.3. The first kappa shape index (κ1) is 10.7. The second-order valence-electron chi connectivity index (χ2n) is 5.89. The van der Waals surface area contributed by atoms with E-state index in [0.29, 0.717) is 0 Å². The highest BCUT2D eigenvalue weighted by Gasteiger charge is 2.51. The molecule has 90 valence electrons. The lowest BCUT2D eigenvalue weighted by atomic mass is 9.66. The Morgan fingerprint density at radius 1 is 1.31 bits per heavy atom. The first-order chi connectivity index (χ1) is 7.66. The molecule has 2 saturated carbocycles. The number of alkyl halides is 1. The molecule has 0 aromatic heterocycles. The Kier molecular flexibility index (Phi) is 2.54. The summed E-state index contributed by atoms with van der Waals surface area (Å²) in [6.45, 7) is 1.58. The van der Waals surface area contributed by atoms with Crippen molar-refractivity contribution in [2.45, 2.75) is 57.3 Å². The van der Waals surface area contributed by atoms with Crippen LogP contribution in [0.4, 0.5) is 4.39 Å². The Hall–Kier alpha value is -0.440. The molecule has 0 spiro atoms. The van der Waals surface area contributed by atoms with E-state index in [1.54, 1.807) is 6.92 Å². The fraction of sp³-hybridized carbons (Fsp3) is 0.923. The average Bonchev–Trinajstić information content (AvgIpc) is 3.06. The molecule has 16 heavy (non-hydrogen) atoms. The number of piperidine rings is 2. The minimum Gasteiger partial charge on any atom is -0.304 e. The largest absolute Gasteiger partial charge is 0.304 e. The van der Waals surface area contributed by atoms with Crippen LogP contribution in [-0.2, 0) is 4.79 Å². The van der Waals surface area contributed by atoms with Crippen LogP contribution in [0.2, 0.25) is 0 Å². The van der Waals surface area contributed by atoms with Gasteiger partial charge in [0.1, 0.15) is 12.0 Å². The van der Waals surface area contributed by atoms with Crippen LogP contribution >= 0.6 is 0 Å². The molecule has 0 aromatic carbocycles. The Balaban J connectivity index is 1.73. The summed E-state index contributed by atoms with van der Waals surface area (Å²) in [5.74, 6) is 1.02. The first-order valence-electron chi connectivity index (χ1n) is 6.57. The molecular formula is C13H20FNO. The molecule has 3 unspecified atom stereocenters. The van der Waals surface area contributed by atoms with Gasteiger partial charge < -0.3 is 5.32 Å². The predicted molar refractivity (Wildman–Crippen MR) is 59.8 cm³/mol. The SMILES string of the molecule is CC(=O)[C@H]1NC2CC[C@@H]1C(F)C2CC1CC1. The molecule has 2 aliphatic heterocycles. The van der Waals surface area contributed by atoms with Gasteiger partial charge in [-0.1, -0.05) is 12.8 Å². The van der Waals surface area contributed by atoms with Crippen molar-refractivity contribution in [1.29, 1.82) is 0 Å². The van der Waals surface area contributed by atoms with Gasteiger partial charge in [0.05, 0.1) is 6.04 Å². The van der Waals surface area contributed by atoms with Gasteiger partial charge in [-0.2, -0.15) is 0 Å². The van der Waals surface area contributed by atoms with Gasteiger partial charge in [-0.25, -0.2) is 4.39 Å². The lowest BCUT2D eigenvalue weighted by Crippen LogP contribution is -2.64. The van der Waals surface area contributed by atoms with Gasteiger partial charge in [-0.3, -0.25) is 4.79 Å². The normalized spacial score (nSPS) is 47.0. The summed E-state index contributed by atoms with van der Waals surface area (Å²) in [6.07, 6.45) is 4.83. The summed E-state index contributed by atoms with van der Waals surface area (Å²) < 4.78 is 14.3. The fourth-order valence-corrected chi connectivity index (χ4v) is 3.65. The monoisotopic (exact) mass is 225 g/mol. The number of carbonyl (C=O) groups excluding carboxylic acids is 1. The molecule has 1 N–H and O–H groups in total. The molecule has 2 saturated heterocycles. The lowest BCUT2D eigenvalue weighted by molar-refractivity contribution is -0.126. The Morgan fingerprint density at radius 2 is 2.06 bits per heavy atom. The van der Waals surface area contributed by atoms with E-state index in [9.17, 15) is 9.18 Å². The van der Waals surface area contributed by atoms with Gasteiger partial charge in [-0.05, 0) is 32.1 Å². The summed E-state index contributed by atoms with van der Waals surface area (Å²) in [7, 11) is 0. The van der Waals surface area contributed by atoms with E-state index in [1.807, 2.05) is 0 Å². The molecule has 0 amide bonds. The molecule has 2 bridgehead atoms. The number of nitrogens with one attached hydrogen (secondary N) is 1. The Labute approximate surface area is 96.0 Å². The number of hydrogen-bond acceptors (Lipinski definition) is 2. The molecule has 4 fully saturated rings. The maximum absolute atomic E-state index is 14.3.